The van der Waals surface area contributed by atoms with Gasteiger partial charge in [-0.2, -0.15) is 4.99 Å². The summed E-state index contributed by atoms with van der Waals surface area (Å²) in [5.41, 5.74) is 1.72. The van der Waals surface area contributed by atoms with E-state index in [0.29, 0.717) is 21.7 Å². The summed E-state index contributed by atoms with van der Waals surface area (Å²) < 4.78 is 0. The van der Waals surface area contributed by atoms with Crippen LogP contribution in [0.3, 0.4) is 0 Å². The highest BCUT2D eigenvalue weighted by Crippen LogP contribution is 2.47. The molecule has 14 heavy (non-hydrogen) atoms. The predicted molar refractivity (Wildman–Crippen MR) is 63.1 cm³/mol. The molecule has 1 aliphatic carbocycles. The van der Waals surface area contributed by atoms with Crippen molar-refractivity contribution in [3.63, 3.8) is 0 Å². The predicted octanol–water partition coefficient (Wildman–Crippen LogP) is 4.61. The minimum Gasteiger partial charge on any atom is -0.195 e. The van der Waals surface area contributed by atoms with Crippen molar-refractivity contribution in [1.29, 1.82) is 0 Å². The summed E-state index contributed by atoms with van der Waals surface area (Å²) in [6.45, 7) is 0. The Balaban J connectivity index is 2.48. The lowest BCUT2D eigenvalue weighted by Gasteiger charge is -2.05. The first-order valence-corrected chi connectivity index (χ1v) is 5.45. The summed E-state index contributed by atoms with van der Waals surface area (Å²) in [5, 5.41) is 3.66. The van der Waals surface area contributed by atoms with Gasteiger partial charge in [0.15, 0.2) is 0 Å². The van der Waals surface area contributed by atoms with Gasteiger partial charge in [-0.15, -0.1) is 0 Å². The van der Waals surface area contributed by atoms with Crippen molar-refractivity contribution in [3.05, 3.63) is 27.7 Å². The van der Waals surface area contributed by atoms with Crippen LogP contribution >= 0.6 is 35.4 Å². The van der Waals surface area contributed by atoms with E-state index >= 15 is 0 Å². The molecule has 0 saturated heterocycles. The van der Waals surface area contributed by atoms with Crippen molar-refractivity contribution in [2.75, 3.05) is 0 Å². The molecule has 0 amide bonds. The van der Waals surface area contributed by atoms with Crippen LogP contribution in [0.25, 0.3) is 0 Å². The summed E-state index contributed by atoms with van der Waals surface area (Å²) >= 11 is 16.7. The third-order valence-electron chi connectivity index (χ3n) is 2.22. The van der Waals surface area contributed by atoms with Crippen LogP contribution in [0.2, 0.25) is 10.0 Å². The molecule has 0 N–H and O–H groups in total. The van der Waals surface area contributed by atoms with E-state index in [-0.39, 0.29) is 0 Å². The lowest BCUT2D eigenvalue weighted by molar-refractivity contribution is 1.13. The number of rotatable bonds is 2. The molecular formula is C10H7Cl2NS. The van der Waals surface area contributed by atoms with Crippen molar-refractivity contribution in [1.82, 2.24) is 0 Å². The van der Waals surface area contributed by atoms with Gasteiger partial charge >= 0.3 is 0 Å². The minimum atomic E-state index is 0.542. The van der Waals surface area contributed by atoms with Gasteiger partial charge in [0.2, 0.25) is 0 Å². The molecule has 0 atom stereocenters. The first-order chi connectivity index (χ1) is 6.72. The highest BCUT2D eigenvalue weighted by Gasteiger charge is 2.28. The Morgan fingerprint density at radius 1 is 1.29 bits per heavy atom. The molecule has 0 spiro atoms. The van der Waals surface area contributed by atoms with Gasteiger partial charge in [-0.05, 0) is 48.7 Å². The highest BCUT2D eigenvalue weighted by molar-refractivity contribution is 7.78. The van der Waals surface area contributed by atoms with E-state index in [4.69, 9.17) is 23.2 Å². The maximum Gasteiger partial charge on any atom is 0.0769 e. The molecule has 4 heteroatoms. The van der Waals surface area contributed by atoms with E-state index in [1.807, 2.05) is 0 Å². The number of isothiocyanates is 1. The summed E-state index contributed by atoms with van der Waals surface area (Å²) in [6.07, 6.45) is 2.35. The SMILES string of the molecule is S=C=Nc1cc(Cl)c(C2CC2)c(Cl)c1. The van der Waals surface area contributed by atoms with Gasteiger partial charge in [0.1, 0.15) is 0 Å². The Bertz CT molecular complexity index is 397. The fraction of sp³-hybridized carbons (Fsp3) is 0.300. The maximum atomic E-state index is 6.10. The van der Waals surface area contributed by atoms with Gasteiger partial charge in [0.05, 0.1) is 10.8 Å². The fourth-order valence-corrected chi connectivity index (χ4v) is 2.34. The quantitative estimate of drug-likeness (QED) is 0.546. The van der Waals surface area contributed by atoms with Crippen LogP contribution in [0.15, 0.2) is 17.1 Å². The number of hydrogen-bond donors (Lipinski definition) is 0. The summed E-state index contributed by atoms with van der Waals surface area (Å²) in [4.78, 5) is 3.85. The van der Waals surface area contributed by atoms with Crippen molar-refractivity contribution in [2.45, 2.75) is 18.8 Å². The Labute approximate surface area is 97.7 Å². The monoisotopic (exact) mass is 243 g/mol. The summed E-state index contributed by atoms with van der Waals surface area (Å²) in [7, 11) is 0. The smallest absolute Gasteiger partial charge is 0.0769 e. The number of halogens is 2. The molecule has 1 nitrogen and oxygen atoms in total. The topological polar surface area (TPSA) is 12.4 Å². The van der Waals surface area contributed by atoms with E-state index in [0.717, 1.165) is 5.56 Å². The summed E-state index contributed by atoms with van der Waals surface area (Å²) in [6, 6.07) is 3.56. The number of benzene rings is 1. The maximum absolute atomic E-state index is 6.10. The normalized spacial score (nSPS) is 15.0. The van der Waals surface area contributed by atoms with Crippen LogP contribution < -0.4 is 0 Å². The number of thiocarbonyl (C=S) groups is 1. The summed E-state index contributed by atoms with van der Waals surface area (Å²) in [5.74, 6) is 0.542. The molecule has 0 aliphatic heterocycles. The van der Waals surface area contributed by atoms with Crippen LogP contribution in [0, 0.1) is 0 Å². The second kappa shape index (κ2) is 4.00. The zero-order chi connectivity index (χ0) is 10.1. The van der Waals surface area contributed by atoms with Crippen molar-refractivity contribution in [2.24, 2.45) is 4.99 Å². The molecule has 0 radical (unpaired) electrons. The number of hydrogen-bond acceptors (Lipinski definition) is 2. The fourth-order valence-electron chi connectivity index (χ4n) is 1.45. The van der Waals surface area contributed by atoms with Crippen molar-refractivity contribution in [3.8, 4) is 0 Å². The molecule has 1 aromatic rings. The van der Waals surface area contributed by atoms with E-state index in [1.165, 1.54) is 12.8 Å². The van der Waals surface area contributed by atoms with E-state index in [1.54, 1.807) is 12.1 Å². The van der Waals surface area contributed by atoms with Gasteiger partial charge in [-0.3, -0.25) is 0 Å². The average Bonchev–Trinajstić information content (AvgIpc) is 2.87. The Morgan fingerprint density at radius 2 is 1.86 bits per heavy atom. The third-order valence-corrected chi connectivity index (χ3v) is 2.94. The molecule has 0 aromatic heterocycles. The van der Waals surface area contributed by atoms with Gasteiger partial charge in [0.25, 0.3) is 0 Å². The molecular weight excluding hydrogens is 237 g/mol. The minimum absolute atomic E-state index is 0.542. The first kappa shape index (κ1) is 10.1. The van der Waals surface area contributed by atoms with Crippen molar-refractivity contribution < 1.29 is 0 Å². The van der Waals surface area contributed by atoms with Crippen molar-refractivity contribution >= 4 is 46.3 Å². The van der Waals surface area contributed by atoms with E-state index < -0.39 is 0 Å². The second-order valence-electron chi connectivity index (χ2n) is 3.30. The zero-order valence-electron chi connectivity index (χ0n) is 7.26. The zero-order valence-corrected chi connectivity index (χ0v) is 9.59. The molecule has 0 bridgehead atoms. The Morgan fingerprint density at radius 3 is 2.29 bits per heavy atom. The van der Waals surface area contributed by atoms with Gasteiger partial charge in [-0.1, -0.05) is 23.2 Å². The molecule has 1 fully saturated rings. The van der Waals surface area contributed by atoms with Crippen LogP contribution in [0.5, 0.6) is 0 Å². The first-order valence-electron chi connectivity index (χ1n) is 4.29. The lowest BCUT2D eigenvalue weighted by Crippen LogP contribution is -1.83. The third kappa shape index (κ3) is 1.99. The molecule has 1 aliphatic rings. The molecule has 1 aromatic carbocycles. The van der Waals surface area contributed by atoms with Crippen LogP contribution in [-0.4, -0.2) is 5.16 Å². The average molecular weight is 244 g/mol. The molecule has 1 saturated carbocycles. The number of aliphatic imine (C=N–C) groups is 1. The molecule has 72 valence electrons. The van der Waals surface area contributed by atoms with Crippen LogP contribution in [0.1, 0.15) is 24.3 Å². The molecule has 0 unspecified atom stereocenters. The Hall–Kier alpha value is -0.400. The van der Waals surface area contributed by atoms with Gasteiger partial charge in [0, 0.05) is 10.0 Å². The Kier molecular flexibility index (Phi) is 2.89. The van der Waals surface area contributed by atoms with E-state index in [9.17, 15) is 0 Å². The largest absolute Gasteiger partial charge is 0.195 e. The molecule has 2 rings (SSSR count). The van der Waals surface area contributed by atoms with Gasteiger partial charge in [-0.25, -0.2) is 0 Å². The molecule has 0 heterocycles. The van der Waals surface area contributed by atoms with Crippen LogP contribution in [0.4, 0.5) is 5.69 Å². The standard InChI is InChI=1S/C10H7Cl2NS/c11-8-3-7(13-5-14)4-9(12)10(8)6-1-2-6/h3-4,6H,1-2H2. The van der Waals surface area contributed by atoms with Crippen LogP contribution in [-0.2, 0) is 0 Å². The lowest BCUT2D eigenvalue weighted by atomic mass is 10.1. The van der Waals surface area contributed by atoms with Gasteiger partial charge < -0.3 is 0 Å². The second-order valence-corrected chi connectivity index (χ2v) is 4.30. The highest BCUT2D eigenvalue weighted by atomic mass is 35.5. The number of nitrogens with zero attached hydrogens (tertiary/aromatic N) is 1. The van der Waals surface area contributed by atoms with E-state index in [2.05, 4.69) is 22.4 Å².